The topological polar surface area (TPSA) is 77.0 Å². The Morgan fingerprint density at radius 1 is 1.22 bits per heavy atom. The van der Waals surface area contributed by atoms with E-state index in [0.29, 0.717) is 12.5 Å². The van der Waals surface area contributed by atoms with E-state index in [0.717, 1.165) is 56.0 Å². The second-order valence-corrected chi connectivity index (χ2v) is 7.52. The minimum Gasteiger partial charge on any atom is -0.392 e. The number of aliphatic hydroxyl groups is 1. The first-order valence-electron chi connectivity index (χ1n) is 10.2. The van der Waals surface area contributed by atoms with Gasteiger partial charge in [-0.3, -0.25) is 4.79 Å². The molecule has 1 aliphatic heterocycles. The molecule has 1 atom stereocenters. The van der Waals surface area contributed by atoms with Gasteiger partial charge in [0.05, 0.1) is 13.2 Å². The lowest BCUT2D eigenvalue weighted by Crippen LogP contribution is -2.45. The standard InChI is InChI=1S/C21H32N4O2/c1-2-22-21(23-13-17-9-5-6-10-18(17)15-26)24-19-11-12-25(14-19)20(27)16-7-3-4-8-16/h5-6,9-10,16,19,26H,2-4,7-8,11-15H2,1H3,(H2,22,23,24). The SMILES string of the molecule is CCNC(=NCc1ccccc1CO)NC1CCN(C(=O)C2CCCC2)C1. The van der Waals surface area contributed by atoms with Gasteiger partial charge < -0.3 is 20.6 Å². The Labute approximate surface area is 162 Å². The summed E-state index contributed by atoms with van der Waals surface area (Å²) in [5, 5.41) is 16.2. The molecule has 1 saturated heterocycles. The highest BCUT2D eigenvalue weighted by atomic mass is 16.3. The zero-order valence-electron chi connectivity index (χ0n) is 16.3. The van der Waals surface area contributed by atoms with Crippen molar-refractivity contribution in [2.45, 2.75) is 58.2 Å². The van der Waals surface area contributed by atoms with Crippen LogP contribution >= 0.6 is 0 Å². The van der Waals surface area contributed by atoms with Gasteiger partial charge in [0, 0.05) is 31.6 Å². The van der Waals surface area contributed by atoms with Crippen LogP contribution in [0.25, 0.3) is 0 Å². The Balaban J connectivity index is 1.57. The third kappa shape index (κ3) is 5.22. The number of aliphatic hydroxyl groups excluding tert-OH is 1. The summed E-state index contributed by atoms with van der Waals surface area (Å²) in [6.45, 7) is 4.96. The van der Waals surface area contributed by atoms with Crippen LogP contribution in [0.4, 0.5) is 0 Å². The van der Waals surface area contributed by atoms with Gasteiger partial charge in [0.15, 0.2) is 5.96 Å². The molecule has 3 N–H and O–H groups in total. The lowest BCUT2D eigenvalue weighted by Gasteiger charge is -2.21. The van der Waals surface area contributed by atoms with Crippen LogP contribution in [-0.2, 0) is 17.9 Å². The highest BCUT2D eigenvalue weighted by Gasteiger charge is 2.32. The van der Waals surface area contributed by atoms with Crippen molar-refractivity contribution in [3.63, 3.8) is 0 Å². The molecule has 148 valence electrons. The van der Waals surface area contributed by atoms with Crippen LogP contribution in [-0.4, -0.2) is 47.5 Å². The largest absolute Gasteiger partial charge is 0.392 e. The second kappa shape index (κ2) is 9.74. The lowest BCUT2D eigenvalue weighted by molar-refractivity contribution is -0.134. The first kappa shape index (κ1) is 19.7. The number of nitrogens with one attached hydrogen (secondary N) is 2. The fourth-order valence-corrected chi connectivity index (χ4v) is 4.05. The Hall–Kier alpha value is -2.08. The quantitative estimate of drug-likeness (QED) is 0.527. The molecule has 1 amide bonds. The molecular weight excluding hydrogens is 340 g/mol. The van der Waals surface area contributed by atoms with Crippen LogP contribution in [0.1, 0.15) is 50.2 Å². The maximum atomic E-state index is 12.6. The third-order valence-electron chi connectivity index (χ3n) is 5.59. The van der Waals surface area contributed by atoms with E-state index in [2.05, 4.69) is 15.6 Å². The van der Waals surface area contributed by atoms with E-state index in [1.807, 2.05) is 36.1 Å². The number of amides is 1. The summed E-state index contributed by atoms with van der Waals surface area (Å²) in [7, 11) is 0. The number of hydrogen-bond acceptors (Lipinski definition) is 3. The lowest BCUT2D eigenvalue weighted by atomic mass is 10.1. The van der Waals surface area contributed by atoms with Gasteiger partial charge in [-0.25, -0.2) is 4.99 Å². The molecule has 6 nitrogen and oxygen atoms in total. The van der Waals surface area contributed by atoms with E-state index < -0.39 is 0 Å². The fourth-order valence-electron chi connectivity index (χ4n) is 4.05. The van der Waals surface area contributed by atoms with Crippen molar-refractivity contribution in [3.05, 3.63) is 35.4 Å². The summed E-state index contributed by atoms with van der Waals surface area (Å²) in [4.78, 5) is 19.3. The molecular formula is C21H32N4O2. The van der Waals surface area contributed by atoms with Crippen molar-refractivity contribution in [2.75, 3.05) is 19.6 Å². The van der Waals surface area contributed by atoms with Crippen molar-refractivity contribution >= 4 is 11.9 Å². The molecule has 1 aromatic carbocycles. The smallest absolute Gasteiger partial charge is 0.225 e. The van der Waals surface area contributed by atoms with Gasteiger partial charge in [0.25, 0.3) is 0 Å². The zero-order chi connectivity index (χ0) is 19.1. The predicted molar refractivity (Wildman–Crippen MR) is 107 cm³/mol. The minimum atomic E-state index is 0.0243. The van der Waals surface area contributed by atoms with Crippen LogP contribution in [0.15, 0.2) is 29.3 Å². The van der Waals surface area contributed by atoms with Crippen molar-refractivity contribution in [3.8, 4) is 0 Å². The Bertz CT molecular complexity index is 655. The molecule has 1 aromatic rings. The molecule has 6 heteroatoms. The number of likely N-dealkylation sites (tertiary alicyclic amines) is 1. The molecule has 1 heterocycles. The molecule has 27 heavy (non-hydrogen) atoms. The van der Waals surface area contributed by atoms with Gasteiger partial charge >= 0.3 is 0 Å². The number of carbonyl (C=O) groups is 1. The van der Waals surface area contributed by atoms with Crippen molar-refractivity contribution in [1.29, 1.82) is 0 Å². The Kier molecular flexibility index (Phi) is 7.10. The zero-order valence-corrected chi connectivity index (χ0v) is 16.3. The number of rotatable bonds is 6. The van der Waals surface area contributed by atoms with Crippen molar-refractivity contribution in [1.82, 2.24) is 15.5 Å². The summed E-state index contributed by atoms with van der Waals surface area (Å²) in [5.74, 6) is 1.36. The summed E-state index contributed by atoms with van der Waals surface area (Å²) in [6, 6.07) is 8.05. The number of hydrogen-bond donors (Lipinski definition) is 3. The fraction of sp³-hybridized carbons (Fsp3) is 0.619. The van der Waals surface area contributed by atoms with Gasteiger partial charge in [-0.05, 0) is 37.3 Å². The molecule has 2 fully saturated rings. The maximum absolute atomic E-state index is 12.6. The van der Waals surface area contributed by atoms with Crippen LogP contribution in [0.2, 0.25) is 0 Å². The van der Waals surface area contributed by atoms with Crippen LogP contribution in [0.3, 0.4) is 0 Å². The molecule has 3 rings (SSSR count). The average molecular weight is 373 g/mol. The summed E-state index contributed by atoms with van der Waals surface area (Å²) < 4.78 is 0. The van der Waals surface area contributed by atoms with Gasteiger partial charge in [0.1, 0.15) is 0 Å². The monoisotopic (exact) mass is 372 g/mol. The first-order valence-corrected chi connectivity index (χ1v) is 10.2. The molecule has 0 bridgehead atoms. The molecule has 0 aromatic heterocycles. The summed E-state index contributed by atoms with van der Waals surface area (Å²) in [6.07, 6.45) is 5.45. The maximum Gasteiger partial charge on any atom is 0.225 e. The predicted octanol–water partition coefficient (Wildman–Crippen LogP) is 2.03. The van der Waals surface area contributed by atoms with E-state index >= 15 is 0 Å². The van der Waals surface area contributed by atoms with E-state index in [1.165, 1.54) is 12.8 Å². The number of carbonyl (C=O) groups excluding carboxylic acids is 1. The number of aliphatic imine (C=N–C) groups is 1. The second-order valence-electron chi connectivity index (χ2n) is 7.52. The highest BCUT2D eigenvalue weighted by Crippen LogP contribution is 2.27. The minimum absolute atomic E-state index is 0.0243. The van der Waals surface area contributed by atoms with Gasteiger partial charge in [0.2, 0.25) is 5.91 Å². The molecule has 2 aliphatic rings. The Morgan fingerprint density at radius 3 is 2.67 bits per heavy atom. The summed E-state index contributed by atoms with van der Waals surface area (Å²) >= 11 is 0. The van der Waals surface area contributed by atoms with Gasteiger partial charge in [-0.1, -0.05) is 37.1 Å². The van der Waals surface area contributed by atoms with Crippen LogP contribution < -0.4 is 10.6 Å². The van der Waals surface area contributed by atoms with E-state index in [4.69, 9.17) is 0 Å². The van der Waals surface area contributed by atoms with E-state index in [-0.39, 0.29) is 18.6 Å². The first-order chi connectivity index (χ1) is 13.2. The molecule has 1 unspecified atom stereocenters. The van der Waals surface area contributed by atoms with E-state index in [1.54, 1.807) is 0 Å². The summed E-state index contributed by atoms with van der Waals surface area (Å²) in [5.41, 5.74) is 1.94. The molecule has 1 aliphatic carbocycles. The average Bonchev–Trinajstić information content (AvgIpc) is 3.38. The molecule has 1 saturated carbocycles. The highest BCUT2D eigenvalue weighted by molar-refractivity contribution is 5.81. The third-order valence-corrected chi connectivity index (χ3v) is 5.59. The number of guanidine groups is 1. The molecule has 0 radical (unpaired) electrons. The van der Waals surface area contributed by atoms with Crippen molar-refractivity contribution < 1.29 is 9.90 Å². The normalized spacial score (nSPS) is 20.9. The molecule has 0 spiro atoms. The number of benzene rings is 1. The van der Waals surface area contributed by atoms with Crippen LogP contribution in [0.5, 0.6) is 0 Å². The number of nitrogens with zero attached hydrogens (tertiary/aromatic N) is 2. The van der Waals surface area contributed by atoms with Gasteiger partial charge in [-0.2, -0.15) is 0 Å². The van der Waals surface area contributed by atoms with Crippen molar-refractivity contribution in [2.24, 2.45) is 10.9 Å². The van der Waals surface area contributed by atoms with E-state index in [9.17, 15) is 9.90 Å². The van der Waals surface area contributed by atoms with Gasteiger partial charge in [-0.15, -0.1) is 0 Å². The Morgan fingerprint density at radius 2 is 1.96 bits per heavy atom. The van der Waals surface area contributed by atoms with Crippen LogP contribution in [0, 0.1) is 5.92 Å².